The third-order valence-corrected chi connectivity index (χ3v) is 2.49. The van der Waals surface area contributed by atoms with Gasteiger partial charge in [-0.2, -0.15) is 10.1 Å². The maximum absolute atomic E-state index is 11.7. The van der Waals surface area contributed by atoms with E-state index in [1.165, 1.54) is 6.33 Å². The summed E-state index contributed by atoms with van der Waals surface area (Å²) in [5.41, 5.74) is 1.41. The molecule has 1 heterocycles. The first kappa shape index (κ1) is 10.6. The number of anilines is 1. The molecule has 2 aromatic rings. The van der Waals surface area contributed by atoms with Crippen LogP contribution in [0.25, 0.3) is 0 Å². The average Bonchev–Trinajstić information content (AvgIpc) is 2.74. The van der Waals surface area contributed by atoms with Gasteiger partial charge in [0.2, 0.25) is 5.95 Å². The molecule has 5 nitrogen and oxygen atoms in total. The van der Waals surface area contributed by atoms with Crippen molar-refractivity contribution in [3.63, 3.8) is 0 Å². The molecule has 1 aromatic heterocycles. The summed E-state index contributed by atoms with van der Waals surface area (Å²) in [4.78, 5) is 15.5. The molecule has 0 bridgehead atoms. The van der Waals surface area contributed by atoms with Gasteiger partial charge in [-0.3, -0.25) is 10.1 Å². The highest BCUT2D eigenvalue weighted by Crippen LogP contribution is 2.17. The van der Waals surface area contributed by atoms with Gasteiger partial charge in [-0.1, -0.05) is 17.7 Å². The highest BCUT2D eigenvalue weighted by atomic mass is 35.5. The number of nitrogens with one attached hydrogen (secondary N) is 2. The topological polar surface area (TPSA) is 70.7 Å². The van der Waals surface area contributed by atoms with Crippen LogP contribution in [-0.2, 0) is 0 Å². The van der Waals surface area contributed by atoms with Crippen LogP contribution in [0, 0.1) is 6.92 Å². The predicted octanol–water partition coefficient (Wildman–Crippen LogP) is 2.02. The van der Waals surface area contributed by atoms with Gasteiger partial charge in [0.05, 0.1) is 0 Å². The minimum atomic E-state index is -0.279. The maximum Gasteiger partial charge on any atom is 0.258 e. The molecule has 0 aliphatic rings. The van der Waals surface area contributed by atoms with E-state index in [1.54, 1.807) is 18.2 Å². The molecule has 1 aromatic carbocycles. The summed E-state index contributed by atoms with van der Waals surface area (Å²) in [6.07, 6.45) is 1.32. The van der Waals surface area contributed by atoms with Crippen molar-refractivity contribution in [1.29, 1.82) is 0 Å². The van der Waals surface area contributed by atoms with Gasteiger partial charge < -0.3 is 0 Å². The Kier molecular flexibility index (Phi) is 2.87. The molecule has 0 atom stereocenters. The van der Waals surface area contributed by atoms with Gasteiger partial charge >= 0.3 is 0 Å². The maximum atomic E-state index is 11.7. The number of halogens is 1. The van der Waals surface area contributed by atoms with E-state index in [4.69, 9.17) is 11.6 Å². The second kappa shape index (κ2) is 4.32. The smallest absolute Gasteiger partial charge is 0.258 e. The van der Waals surface area contributed by atoms with Crippen LogP contribution in [0.2, 0.25) is 5.02 Å². The molecular weight excluding hydrogens is 228 g/mol. The summed E-state index contributed by atoms with van der Waals surface area (Å²) in [5, 5.41) is 9.28. The summed E-state index contributed by atoms with van der Waals surface area (Å²) in [6, 6.07) is 5.10. The lowest BCUT2D eigenvalue weighted by molar-refractivity contribution is 0.102. The van der Waals surface area contributed by atoms with Gasteiger partial charge in [-0.05, 0) is 24.6 Å². The number of rotatable bonds is 2. The van der Waals surface area contributed by atoms with Crippen LogP contribution in [0.4, 0.5) is 5.95 Å². The Labute approximate surface area is 96.8 Å². The molecule has 0 saturated carbocycles. The zero-order valence-corrected chi connectivity index (χ0v) is 9.25. The first-order valence-corrected chi connectivity index (χ1v) is 4.97. The first-order valence-electron chi connectivity index (χ1n) is 4.59. The minimum absolute atomic E-state index is 0.279. The largest absolute Gasteiger partial charge is 0.291 e. The molecule has 0 fully saturated rings. The zero-order valence-electron chi connectivity index (χ0n) is 8.49. The van der Waals surface area contributed by atoms with Crippen LogP contribution in [-0.4, -0.2) is 21.1 Å². The lowest BCUT2D eigenvalue weighted by Crippen LogP contribution is -2.13. The van der Waals surface area contributed by atoms with Crippen molar-refractivity contribution in [2.24, 2.45) is 0 Å². The SMILES string of the molecule is Cc1ccc(C(=O)Nc2ncn[nH]2)cc1Cl. The Morgan fingerprint density at radius 1 is 1.50 bits per heavy atom. The van der Waals surface area contributed by atoms with Crippen LogP contribution in [0.15, 0.2) is 24.5 Å². The Hall–Kier alpha value is -1.88. The predicted molar refractivity (Wildman–Crippen MR) is 60.5 cm³/mol. The van der Waals surface area contributed by atoms with Crippen LogP contribution < -0.4 is 5.32 Å². The summed E-state index contributed by atoms with van der Waals surface area (Å²) >= 11 is 5.92. The number of benzene rings is 1. The normalized spacial score (nSPS) is 10.1. The molecule has 16 heavy (non-hydrogen) atoms. The third-order valence-electron chi connectivity index (χ3n) is 2.08. The van der Waals surface area contributed by atoms with Crippen LogP contribution in [0.3, 0.4) is 0 Å². The van der Waals surface area contributed by atoms with Crippen LogP contribution in [0.1, 0.15) is 15.9 Å². The number of hydrogen-bond acceptors (Lipinski definition) is 3. The summed E-state index contributed by atoms with van der Waals surface area (Å²) in [5.74, 6) is 0.0281. The van der Waals surface area contributed by atoms with Crippen molar-refractivity contribution in [2.45, 2.75) is 6.92 Å². The Bertz CT molecular complexity index is 510. The number of aromatic amines is 1. The lowest BCUT2D eigenvalue weighted by Gasteiger charge is -2.03. The Morgan fingerprint density at radius 3 is 2.94 bits per heavy atom. The van der Waals surface area contributed by atoms with Crippen LogP contribution in [0.5, 0.6) is 0 Å². The molecular formula is C10H9ClN4O. The van der Waals surface area contributed by atoms with E-state index in [9.17, 15) is 4.79 Å². The van der Waals surface area contributed by atoms with E-state index in [-0.39, 0.29) is 5.91 Å². The molecule has 0 unspecified atom stereocenters. The number of nitrogens with zero attached hydrogens (tertiary/aromatic N) is 2. The Morgan fingerprint density at radius 2 is 2.31 bits per heavy atom. The number of aromatic nitrogens is 3. The van der Waals surface area contributed by atoms with E-state index in [1.807, 2.05) is 6.92 Å². The van der Waals surface area contributed by atoms with E-state index in [0.29, 0.717) is 16.5 Å². The van der Waals surface area contributed by atoms with Crippen molar-refractivity contribution < 1.29 is 4.79 Å². The molecule has 1 amide bonds. The van der Waals surface area contributed by atoms with E-state index < -0.39 is 0 Å². The van der Waals surface area contributed by atoms with Gasteiger partial charge in [0.1, 0.15) is 6.33 Å². The number of amides is 1. The van der Waals surface area contributed by atoms with E-state index >= 15 is 0 Å². The molecule has 2 rings (SSSR count). The monoisotopic (exact) mass is 236 g/mol. The number of aryl methyl sites for hydroxylation is 1. The molecule has 0 saturated heterocycles. The van der Waals surface area contributed by atoms with Crippen molar-refractivity contribution >= 4 is 23.5 Å². The number of carbonyl (C=O) groups is 1. The standard InChI is InChI=1S/C10H9ClN4O/c1-6-2-3-7(4-8(6)11)9(16)14-10-12-5-13-15-10/h2-5H,1H3,(H2,12,13,14,15,16). The molecule has 0 aliphatic heterocycles. The fraction of sp³-hybridized carbons (Fsp3) is 0.100. The fourth-order valence-corrected chi connectivity index (χ4v) is 1.36. The van der Waals surface area contributed by atoms with E-state index in [2.05, 4.69) is 20.5 Å². The van der Waals surface area contributed by atoms with Gasteiger partial charge in [-0.25, -0.2) is 5.10 Å². The third kappa shape index (κ3) is 2.20. The van der Waals surface area contributed by atoms with E-state index in [0.717, 1.165) is 5.56 Å². The number of H-pyrrole nitrogens is 1. The van der Waals surface area contributed by atoms with Crippen molar-refractivity contribution in [2.75, 3.05) is 5.32 Å². The van der Waals surface area contributed by atoms with Gasteiger partial charge in [0, 0.05) is 10.6 Å². The first-order chi connectivity index (χ1) is 7.66. The average molecular weight is 237 g/mol. The Balaban J connectivity index is 2.18. The van der Waals surface area contributed by atoms with Gasteiger partial charge in [0.25, 0.3) is 5.91 Å². The molecule has 82 valence electrons. The molecule has 0 aliphatic carbocycles. The number of carbonyl (C=O) groups excluding carboxylic acids is 1. The fourth-order valence-electron chi connectivity index (χ4n) is 1.18. The van der Waals surface area contributed by atoms with Crippen LogP contribution >= 0.6 is 11.6 Å². The van der Waals surface area contributed by atoms with Gasteiger partial charge in [-0.15, -0.1) is 0 Å². The summed E-state index contributed by atoms with van der Waals surface area (Å²) < 4.78 is 0. The minimum Gasteiger partial charge on any atom is -0.291 e. The van der Waals surface area contributed by atoms with Crippen molar-refractivity contribution in [3.05, 3.63) is 40.7 Å². The summed E-state index contributed by atoms with van der Waals surface area (Å²) in [6.45, 7) is 1.88. The second-order valence-electron chi connectivity index (χ2n) is 3.25. The van der Waals surface area contributed by atoms with Crippen molar-refractivity contribution in [3.8, 4) is 0 Å². The quantitative estimate of drug-likeness (QED) is 0.838. The molecule has 2 N–H and O–H groups in total. The molecule has 6 heteroatoms. The zero-order chi connectivity index (χ0) is 11.5. The highest BCUT2D eigenvalue weighted by Gasteiger charge is 2.08. The molecule has 0 radical (unpaired) electrons. The second-order valence-corrected chi connectivity index (χ2v) is 3.66. The van der Waals surface area contributed by atoms with Gasteiger partial charge in [0.15, 0.2) is 0 Å². The summed E-state index contributed by atoms with van der Waals surface area (Å²) in [7, 11) is 0. The lowest BCUT2D eigenvalue weighted by atomic mass is 10.1. The number of hydrogen-bond donors (Lipinski definition) is 2. The molecule has 0 spiro atoms. The van der Waals surface area contributed by atoms with Crippen molar-refractivity contribution in [1.82, 2.24) is 15.2 Å². The highest BCUT2D eigenvalue weighted by molar-refractivity contribution is 6.31.